The minimum Gasteiger partial charge on any atom is -0.380 e. The number of anilines is 1. The quantitative estimate of drug-likeness (QED) is 0.765. The summed E-state index contributed by atoms with van der Waals surface area (Å²) in [4.78, 5) is 0. The topological polar surface area (TPSA) is 12.0 Å². The molecule has 0 heterocycles. The zero-order valence-electron chi connectivity index (χ0n) is 9.81. The summed E-state index contributed by atoms with van der Waals surface area (Å²) < 4.78 is 0. The highest BCUT2D eigenvalue weighted by Crippen LogP contribution is 2.21. The highest BCUT2D eigenvalue weighted by atomic mass is 35.5. The van der Waals surface area contributed by atoms with Gasteiger partial charge in [0.1, 0.15) is 0 Å². The molecule has 1 rings (SSSR count). The van der Waals surface area contributed by atoms with Crippen molar-refractivity contribution in [3.8, 4) is 0 Å². The van der Waals surface area contributed by atoms with Gasteiger partial charge in [-0.05, 0) is 44.5 Å². The van der Waals surface area contributed by atoms with E-state index in [1.54, 1.807) is 0 Å². The molecule has 0 aliphatic carbocycles. The number of rotatable bonds is 5. The minimum absolute atomic E-state index is 0.157. The van der Waals surface area contributed by atoms with Crippen molar-refractivity contribution in [1.82, 2.24) is 0 Å². The molecule has 84 valence electrons. The Bertz CT molecular complexity index is 290. The van der Waals surface area contributed by atoms with E-state index in [2.05, 4.69) is 26.1 Å². The van der Waals surface area contributed by atoms with Crippen molar-refractivity contribution >= 4 is 17.3 Å². The second kappa shape index (κ2) is 5.41. The molecule has 0 saturated heterocycles. The molecular formula is C13H20ClN. The molecule has 1 aromatic rings. The van der Waals surface area contributed by atoms with Gasteiger partial charge in [0.2, 0.25) is 0 Å². The average Bonchev–Trinajstić information content (AvgIpc) is 2.18. The van der Waals surface area contributed by atoms with Gasteiger partial charge in [-0.1, -0.05) is 31.4 Å². The van der Waals surface area contributed by atoms with E-state index < -0.39 is 0 Å². The Hall–Kier alpha value is -0.690. The molecule has 1 N–H and O–H groups in total. The van der Waals surface area contributed by atoms with E-state index >= 15 is 0 Å². The van der Waals surface area contributed by atoms with Crippen LogP contribution in [-0.2, 0) is 0 Å². The van der Waals surface area contributed by atoms with Crippen LogP contribution in [0, 0.1) is 0 Å². The Labute approximate surface area is 97.8 Å². The number of hydrogen-bond acceptors (Lipinski definition) is 1. The maximum atomic E-state index is 5.84. The van der Waals surface area contributed by atoms with Gasteiger partial charge in [-0.2, -0.15) is 0 Å². The van der Waals surface area contributed by atoms with E-state index in [9.17, 15) is 0 Å². The summed E-state index contributed by atoms with van der Waals surface area (Å²) in [5.41, 5.74) is 1.30. The van der Waals surface area contributed by atoms with Crippen LogP contribution in [0.1, 0.15) is 40.0 Å². The van der Waals surface area contributed by atoms with Crippen LogP contribution in [0.2, 0.25) is 5.02 Å². The van der Waals surface area contributed by atoms with Crippen LogP contribution < -0.4 is 5.32 Å². The number of nitrogens with one attached hydrogen (secondary N) is 1. The Morgan fingerprint density at radius 3 is 2.33 bits per heavy atom. The molecule has 0 atom stereocenters. The monoisotopic (exact) mass is 225 g/mol. The van der Waals surface area contributed by atoms with Crippen LogP contribution >= 0.6 is 11.6 Å². The second-order valence-corrected chi connectivity index (χ2v) is 5.06. The molecule has 0 saturated carbocycles. The van der Waals surface area contributed by atoms with Crippen molar-refractivity contribution < 1.29 is 0 Å². The van der Waals surface area contributed by atoms with Crippen LogP contribution in [0.3, 0.4) is 0 Å². The summed E-state index contributed by atoms with van der Waals surface area (Å²) in [5, 5.41) is 4.31. The molecule has 1 nitrogen and oxygen atoms in total. The summed E-state index contributed by atoms with van der Waals surface area (Å²) in [5.74, 6) is 0. The largest absolute Gasteiger partial charge is 0.380 e. The summed E-state index contributed by atoms with van der Waals surface area (Å²) >= 11 is 5.84. The van der Waals surface area contributed by atoms with Gasteiger partial charge in [0.15, 0.2) is 0 Å². The van der Waals surface area contributed by atoms with Gasteiger partial charge >= 0.3 is 0 Å². The summed E-state index contributed by atoms with van der Waals surface area (Å²) in [6.07, 6.45) is 3.69. The molecule has 0 unspecified atom stereocenters. The van der Waals surface area contributed by atoms with Gasteiger partial charge < -0.3 is 5.32 Å². The Morgan fingerprint density at radius 2 is 1.80 bits per heavy atom. The highest BCUT2D eigenvalue weighted by Gasteiger charge is 2.15. The van der Waals surface area contributed by atoms with Crippen LogP contribution in [-0.4, -0.2) is 5.54 Å². The maximum Gasteiger partial charge on any atom is 0.0407 e. The van der Waals surface area contributed by atoms with Gasteiger partial charge in [0.05, 0.1) is 0 Å². The van der Waals surface area contributed by atoms with Crippen LogP contribution in [0.15, 0.2) is 24.3 Å². The first-order chi connectivity index (χ1) is 7.03. The fourth-order valence-electron chi connectivity index (χ4n) is 1.61. The first kappa shape index (κ1) is 12.4. The molecule has 0 spiro atoms. The van der Waals surface area contributed by atoms with Crippen LogP contribution in [0.25, 0.3) is 0 Å². The zero-order valence-corrected chi connectivity index (χ0v) is 10.6. The van der Waals surface area contributed by atoms with Crippen LogP contribution in [0.4, 0.5) is 5.69 Å². The normalized spacial score (nSPS) is 11.5. The first-order valence-corrected chi connectivity index (χ1v) is 5.95. The van der Waals surface area contributed by atoms with Gasteiger partial charge in [0.25, 0.3) is 0 Å². The molecule has 0 bridgehead atoms. The number of unbranched alkanes of at least 4 members (excludes halogenated alkanes) is 1. The first-order valence-electron chi connectivity index (χ1n) is 5.57. The summed E-state index contributed by atoms with van der Waals surface area (Å²) in [6.45, 7) is 6.69. The van der Waals surface area contributed by atoms with Crippen LogP contribution in [0.5, 0.6) is 0 Å². The van der Waals surface area contributed by atoms with Crippen molar-refractivity contribution in [1.29, 1.82) is 0 Å². The minimum atomic E-state index is 0.157. The Morgan fingerprint density at radius 1 is 1.20 bits per heavy atom. The lowest BCUT2D eigenvalue weighted by Crippen LogP contribution is -2.30. The number of hydrogen-bond donors (Lipinski definition) is 1. The molecule has 0 aliphatic rings. The average molecular weight is 226 g/mol. The maximum absolute atomic E-state index is 5.84. The van der Waals surface area contributed by atoms with Gasteiger partial charge in [-0.15, -0.1) is 0 Å². The third-order valence-electron chi connectivity index (χ3n) is 2.48. The highest BCUT2D eigenvalue weighted by molar-refractivity contribution is 6.30. The molecule has 0 fully saturated rings. The number of halogens is 1. The molecule has 0 amide bonds. The fourth-order valence-corrected chi connectivity index (χ4v) is 1.73. The molecule has 1 aromatic carbocycles. The van der Waals surface area contributed by atoms with Crippen molar-refractivity contribution in [3.05, 3.63) is 29.3 Å². The Balaban J connectivity index is 2.56. The SMILES string of the molecule is CCCCC(C)(C)Nc1ccc(Cl)cc1. The predicted octanol–water partition coefficient (Wildman–Crippen LogP) is 4.72. The standard InChI is InChI=1S/C13H20ClN/c1-4-5-10-13(2,3)15-12-8-6-11(14)7-9-12/h6-9,15H,4-5,10H2,1-3H3. The van der Waals surface area contributed by atoms with E-state index in [0.717, 1.165) is 10.7 Å². The molecular weight excluding hydrogens is 206 g/mol. The smallest absolute Gasteiger partial charge is 0.0407 e. The van der Waals surface area contributed by atoms with Crippen molar-refractivity contribution in [2.45, 2.75) is 45.6 Å². The molecule has 0 aliphatic heterocycles. The molecule has 2 heteroatoms. The zero-order chi connectivity index (χ0) is 11.3. The third-order valence-corrected chi connectivity index (χ3v) is 2.73. The van der Waals surface area contributed by atoms with Gasteiger partial charge in [-0.3, -0.25) is 0 Å². The van der Waals surface area contributed by atoms with Crippen molar-refractivity contribution in [2.24, 2.45) is 0 Å². The molecule has 15 heavy (non-hydrogen) atoms. The third kappa shape index (κ3) is 4.57. The second-order valence-electron chi connectivity index (χ2n) is 4.62. The lowest BCUT2D eigenvalue weighted by atomic mass is 9.97. The number of benzene rings is 1. The summed E-state index contributed by atoms with van der Waals surface area (Å²) in [7, 11) is 0. The van der Waals surface area contributed by atoms with E-state index in [1.807, 2.05) is 24.3 Å². The lowest BCUT2D eigenvalue weighted by molar-refractivity contribution is 0.493. The van der Waals surface area contributed by atoms with Gasteiger partial charge in [-0.25, -0.2) is 0 Å². The van der Waals surface area contributed by atoms with E-state index in [-0.39, 0.29) is 5.54 Å². The van der Waals surface area contributed by atoms with Gasteiger partial charge in [0, 0.05) is 16.2 Å². The Kier molecular flexibility index (Phi) is 4.46. The molecule has 0 aromatic heterocycles. The lowest BCUT2D eigenvalue weighted by Gasteiger charge is -2.27. The van der Waals surface area contributed by atoms with E-state index in [4.69, 9.17) is 11.6 Å². The van der Waals surface area contributed by atoms with E-state index in [1.165, 1.54) is 19.3 Å². The van der Waals surface area contributed by atoms with E-state index in [0.29, 0.717) is 0 Å². The predicted molar refractivity (Wildman–Crippen MR) is 68.7 cm³/mol. The fraction of sp³-hybridized carbons (Fsp3) is 0.538. The van der Waals surface area contributed by atoms with Crippen molar-refractivity contribution in [2.75, 3.05) is 5.32 Å². The molecule has 0 radical (unpaired) electrons. The van der Waals surface area contributed by atoms with Crippen molar-refractivity contribution in [3.63, 3.8) is 0 Å². The summed E-state index contributed by atoms with van der Waals surface area (Å²) in [6, 6.07) is 7.88.